The molecule has 33 heavy (non-hydrogen) atoms. The molecule has 1 aromatic carbocycles. The number of nitrogens with zero attached hydrogens (tertiary/aromatic N) is 4. The fraction of sp³-hybridized carbons (Fsp3) is 0.333. The molecule has 2 heterocycles. The number of nitrogens with one attached hydrogen (secondary N) is 2. The van der Waals surface area contributed by atoms with E-state index in [1.54, 1.807) is 0 Å². The molecule has 2 N–H and O–H groups in total. The standard InChI is InChI=1S/C24H26N6O3/c1-2-16-7-5-8-17(15-16)22-27-21(33-30-22)12-11-20(31)25-13-6-14-26-23-18-9-3-4-10-19(18)24(32)29-28-23/h3-5,7-10,15,19,26H,2,6,11-14H2,1H3,(H,25,31). The maximum atomic E-state index is 12.1. The van der Waals surface area contributed by atoms with Gasteiger partial charge < -0.3 is 15.2 Å². The minimum absolute atomic E-state index is 0.0758. The van der Waals surface area contributed by atoms with Crippen LogP contribution in [-0.2, 0) is 22.4 Å². The first-order valence-electron chi connectivity index (χ1n) is 11.1. The zero-order chi connectivity index (χ0) is 23.0. The number of benzene rings is 1. The summed E-state index contributed by atoms with van der Waals surface area (Å²) in [6.07, 6.45) is 9.68. The molecule has 0 bridgehead atoms. The Morgan fingerprint density at radius 2 is 2.09 bits per heavy atom. The molecule has 1 unspecified atom stereocenters. The van der Waals surface area contributed by atoms with Crippen molar-refractivity contribution in [2.75, 3.05) is 13.1 Å². The number of carbonyl (C=O) groups excluding carboxylic acids is 2. The molecule has 0 saturated heterocycles. The van der Waals surface area contributed by atoms with Crippen LogP contribution in [0.25, 0.3) is 11.4 Å². The Hall–Kier alpha value is -3.88. The van der Waals surface area contributed by atoms with Crippen molar-refractivity contribution in [2.24, 2.45) is 16.1 Å². The fourth-order valence-electron chi connectivity index (χ4n) is 3.58. The van der Waals surface area contributed by atoms with Crippen LogP contribution in [0.5, 0.6) is 0 Å². The molecule has 1 aliphatic carbocycles. The molecular formula is C24H26N6O3. The Morgan fingerprint density at radius 1 is 1.18 bits per heavy atom. The third kappa shape index (κ3) is 5.68. The Morgan fingerprint density at radius 3 is 2.97 bits per heavy atom. The van der Waals surface area contributed by atoms with Gasteiger partial charge in [-0.25, -0.2) is 0 Å². The van der Waals surface area contributed by atoms with Crippen LogP contribution in [-0.4, -0.2) is 35.0 Å². The van der Waals surface area contributed by atoms with E-state index in [2.05, 4.69) is 44.0 Å². The number of aromatic nitrogens is 2. The van der Waals surface area contributed by atoms with E-state index in [0.29, 0.717) is 43.5 Å². The van der Waals surface area contributed by atoms with Gasteiger partial charge in [0.1, 0.15) is 0 Å². The zero-order valence-electron chi connectivity index (χ0n) is 18.5. The summed E-state index contributed by atoms with van der Waals surface area (Å²) < 4.78 is 5.29. The van der Waals surface area contributed by atoms with Gasteiger partial charge >= 0.3 is 0 Å². The lowest BCUT2D eigenvalue weighted by atomic mass is 9.93. The molecule has 1 aromatic heterocycles. The van der Waals surface area contributed by atoms with Crippen LogP contribution in [0, 0.1) is 5.92 Å². The second-order valence-corrected chi connectivity index (χ2v) is 7.76. The van der Waals surface area contributed by atoms with Crippen molar-refractivity contribution in [1.82, 2.24) is 20.8 Å². The minimum Gasteiger partial charge on any atom is -0.368 e. The number of carbonyl (C=O) groups is 2. The average molecular weight is 447 g/mol. The van der Waals surface area contributed by atoms with Crippen molar-refractivity contribution in [3.63, 3.8) is 0 Å². The molecule has 170 valence electrons. The molecule has 9 heteroatoms. The summed E-state index contributed by atoms with van der Waals surface area (Å²) in [5.41, 5.74) is 2.93. The van der Waals surface area contributed by atoms with Gasteiger partial charge in [0.05, 0.1) is 5.92 Å². The Kier molecular flexibility index (Phi) is 7.19. The van der Waals surface area contributed by atoms with Crippen molar-refractivity contribution < 1.29 is 14.1 Å². The van der Waals surface area contributed by atoms with Crippen LogP contribution in [0.4, 0.5) is 0 Å². The SMILES string of the molecule is CCc1cccc(-c2noc(CCC(=O)NCCCNC3=C4C=CC=CC4C(=O)N=N3)n2)c1. The molecule has 2 amide bonds. The van der Waals surface area contributed by atoms with Gasteiger partial charge in [-0.3, -0.25) is 9.59 Å². The number of aryl methyl sites for hydroxylation is 2. The van der Waals surface area contributed by atoms with Crippen LogP contribution in [0.15, 0.2) is 74.7 Å². The lowest BCUT2D eigenvalue weighted by molar-refractivity contribution is -0.121. The first kappa shape index (κ1) is 22.3. The predicted octanol–water partition coefficient (Wildman–Crippen LogP) is 3.27. The van der Waals surface area contributed by atoms with Gasteiger partial charge in [-0.2, -0.15) is 4.98 Å². The molecule has 4 rings (SSSR count). The molecular weight excluding hydrogens is 420 g/mol. The van der Waals surface area contributed by atoms with Crippen molar-refractivity contribution in [3.05, 3.63) is 71.4 Å². The monoisotopic (exact) mass is 446 g/mol. The number of allylic oxidation sites excluding steroid dienone is 3. The molecule has 0 radical (unpaired) electrons. The van der Waals surface area contributed by atoms with Crippen molar-refractivity contribution in [1.29, 1.82) is 0 Å². The van der Waals surface area contributed by atoms with E-state index in [1.807, 2.05) is 42.5 Å². The van der Waals surface area contributed by atoms with Gasteiger partial charge in [-0.05, 0) is 24.5 Å². The normalized spacial score (nSPS) is 16.8. The summed E-state index contributed by atoms with van der Waals surface area (Å²) in [6.45, 7) is 3.21. The number of amides is 2. The topological polar surface area (TPSA) is 122 Å². The van der Waals surface area contributed by atoms with Gasteiger partial charge in [0.2, 0.25) is 17.6 Å². The number of hydrogen-bond donors (Lipinski definition) is 2. The second kappa shape index (κ2) is 10.6. The Labute approximate surface area is 191 Å². The third-order valence-electron chi connectivity index (χ3n) is 5.41. The number of fused-ring (bicyclic) bond motifs is 1. The van der Waals surface area contributed by atoms with Gasteiger partial charge in [-0.15, -0.1) is 10.2 Å². The van der Waals surface area contributed by atoms with Crippen LogP contribution >= 0.6 is 0 Å². The highest BCUT2D eigenvalue weighted by Crippen LogP contribution is 2.27. The lowest BCUT2D eigenvalue weighted by Crippen LogP contribution is -2.28. The van der Waals surface area contributed by atoms with Crippen LogP contribution in [0.1, 0.15) is 31.2 Å². The lowest BCUT2D eigenvalue weighted by Gasteiger charge is -2.20. The summed E-state index contributed by atoms with van der Waals surface area (Å²) in [5, 5.41) is 17.8. The maximum absolute atomic E-state index is 12.1. The number of hydrogen-bond acceptors (Lipinski definition) is 7. The summed E-state index contributed by atoms with van der Waals surface area (Å²) >= 11 is 0. The van der Waals surface area contributed by atoms with E-state index in [0.717, 1.165) is 17.6 Å². The molecule has 2 aromatic rings. The van der Waals surface area contributed by atoms with Crippen molar-refractivity contribution in [2.45, 2.75) is 32.6 Å². The maximum Gasteiger partial charge on any atom is 0.276 e. The van der Waals surface area contributed by atoms with E-state index in [9.17, 15) is 9.59 Å². The first-order chi connectivity index (χ1) is 16.1. The highest BCUT2D eigenvalue weighted by molar-refractivity contribution is 5.86. The molecule has 0 fully saturated rings. The van der Waals surface area contributed by atoms with Crippen LogP contribution in [0.3, 0.4) is 0 Å². The third-order valence-corrected chi connectivity index (χ3v) is 5.41. The Bertz CT molecular complexity index is 1140. The van der Waals surface area contributed by atoms with E-state index >= 15 is 0 Å². The van der Waals surface area contributed by atoms with Crippen LogP contribution in [0.2, 0.25) is 0 Å². The smallest absolute Gasteiger partial charge is 0.276 e. The molecule has 1 atom stereocenters. The summed E-state index contributed by atoms with van der Waals surface area (Å²) in [7, 11) is 0. The Balaban J connectivity index is 1.17. The van der Waals surface area contributed by atoms with E-state index in [4.69, 9.17) is 4.52 Å². The van der Waals surface area contributed by atoms with E-state index < -0.39 is 0 Å². The van der Waals surface area contributed by atoms with Gasteiger partial charge in [-0.1, -0.05) is 54.6 Å². The molecule has 1 aliphatic heterocycles. The first-order valence-corrected chi connectivity index (χ1v) is 11.1. The van der Waals surface area contributed by atoms with Gasteiger partial charge in [0, 0.05) is 37.1 Å². The zero-order valence-corrected chi connectivity index (χ0v) is 18.5. The largest absolute Gasteiger partial charge is 0.368 e. The molecule has 9 nitrogen and oxygen atoms in total. The predicted molar refractivity (Wildman–Crippen MR) is 122 cm³/mol. The number of azo groups is 1. The molecule has 0 spiro atoms. The highest BCUT2D eigenvalue weighted by atomic mass is 16.5. The minimum atomic E-state index is -0.365. The van der Waals surface area contributed by atoms with E-state index in [-0.39, 0.29) is 24.2 Å². The average Bonchev–Trinajstić information content (AvgIpc) is 3.33. The summed E-state index contributed by atoms with van der Waals surface area (Å²) in [6, 6.07) is 8.02. The van der Waals surface area contributed by atoms with Crippen molar-refractivity contribution >= 4 is 11.8 Å². The van der Waals surface area contributed by atoms with Gasteiger partial charge in [0.25, 0.3) is 5.91 Å². The summed E-state index contributed by atoms with van der Waals surface area (Å²) in [4.78, 5) is 28.4. The number of rotatable bonds is 10. The molecule has 2 aliphatic rings. The molecule has 0 saturated carbocycles. The van der Waals surface area contributed by atoms with Crippen molar-refractivity contribution in [3.8, 4) is 11.4 Å². The fourth-order valence-corrected chi connectivity index (χ4v) is 3.58. The van der Waals surface area contributed by atoms with Crippen LogP contribution < -0.4 is 10.6 Å². The summed E-state index contributed by atoms with van der Waals surface area (Å²) in [5.74, 6) is 0.880. The quantitative estimate of drug-likeness (QED) is 0.540. The van der Waals surface area contributed by atoms with Gasteiger partial charge in [0.15, 0.2) is 5.82 Å². The van der Waals surface area contributed by atoms with E-state index in [1.165, 1.54) is 5.56 Å². The second-order valence-electron chi connectivity index (χ2n) is 7.76. The highest BCUT2D eigenvalue weighted by Gasteiger charge is 2.26.